The molecule has 98 valence electrons. The van der Waals surface area contributed by atoms with Crippen LogP contribution in [0.3, 0.4) is 0 Å². The highest BCUT2D eigenvalue weighted by molar-refractivity contribution is 5.97. The van der Waals surface area contributed by atoms with Crippen molar-refractivity contribution in [3.05, 3.63) is 47.4 Å². The van der Waals surface area contributed by atoms with Gasteiger partial charge in [-0.2, -0.15) is 5.10 Å². The van der Waals surface area contributed by atoms with Gasteiger partial charge in [0.1, 0.15) is 0 Å². The van der Waals surface area contributed by atoms with Gasteiger partial charge in [0.2, 0.25) is 0 Å². The van der Waals surface area contributed by atoms with Crippen molar-refractivity contribution < 1.29 is 4.79 Å². The molecule has 0 radical (unpaired) electrons. The number of ketones is 1. The van der Waals surface area contributed by atoms with E-state index in [1.54, 1.807) is 16.9 Å². The van der Waals surface area contributed by atoms with Crippen LogP contribution in [0.2, 0.25) is 0 Å². The molecular weight excluding hydrogens is 238 g/mol. The molecule has 0 aliphatic heterocycles. The molecule has 2 rings (SSSR count). The Morgan fingerprint density at radius 1 is 1.21 bits per heavy atom. The van der Waals surface area contributed by atoms with Crippen LogP contribution in [0.5, 0.6) is 0 Å². The maximum Gasteiger partial charge on any atom is 0.164 e. The minimum absolute atomic E-state index is 0.0192. The number of hydrogen-bond donors (Lipinski definition) is 0. The van der Waals surface area contributed by atoms with E-state index in [9.17, 15) is 4.79 Å². The lowest BCUT2D eigenvalue weighted by atomic mass is 10.1. The molecule has 2 heterocycles. The van der Waals surface area contributed by atoms with Crippen LogP contribution in [0.4, 0.5) is 0 Å². The van der Waals surface area contributed by atoms with Gasteiger partial charge in [0.05, 0.1) is 17.5 Å². The van der Waals surface area contributed by atoms with Crippen LogP contribution in [-0.4, -0.2) is 20.5 Å². The number of pyridine rings is 1. The lowest BCUT2D eigenvalue weighted by molar-refractivity contribution is 0.101. The van der Waals surface area contributed by atoms with Crippen LogP contribution in [0, 0.1) is 13.8 Å². The van der Waals surface area contributed by atoms with E-state index in [1.165, 1.54) is 6.92 Å². The summed E-state index contributed by atoms with van der Waals surface area (Å²) >= 11 is 0. The molecule has 0 atom stereocenters. The smallest absolute Gasteiger partial charge is 0.164 e. The zero-order chi connectivity index (χ0) is 14.2. The van der Waals surface area contributed by atoms with Gasteiger partial charge >= 0.3 is 0 Å². The van der Waals surface area contributed by atoms with Crippen molar-refractivity contribution in [2.24, 2.45) is 0 Å². The number of carbonyl (C=O) groups excluding carboxylic acids is 1. The number of rotatable bonds is 3. The lowest BCUT2D eigenvalue weighted by Crippen LogP contribution is -2.09. The second kappa shape index (κ2) is 4.80. The molecule has 0 spiro atoms. The molecule has 0 bridgehead atoms. The van der Waals surface area contributed by atoms with Gasteiger partial charge in [-0.1, -0.05) is 6.58 Å². The Bertz CT molecular complexity index is 668. The molecule has 0 N–H and O–H groups in total. The maximum atomic E-state index is 11.7. The first-order valence-electron chi connectivity index (χ1n) is 6.11. The molecule has 0 aliphatic rings. The average molecular weight is 255 g/mol. The van der Waals surface area contributed by atoms with E-state index < -0.39 is 0 Å². The maximum absolute atomic E-state index is 11.7. The molecule has 0 unspecified atom stereocenters. The number of nitrogens with zero attached hydrogens (tertiary/aromatic N) is 3. The third-order valence-electron chi connectivity index (χ3n) is 3.06. The van der Waals surface area contributed by atoms with Gasteiger partial charge in [-0.05, 0) is 45.4 Å². The Balaban J connectivity index is 2.68. The summed E-state index contributed by atoms with van der Waals surface area (Å²) in [5, 5.41) is 4.33. The third kappa shape index (κ3) is 2.34. The fourth-order valence-electron chi connectivity index (χ4n) is 2.02. The number of Topliss-reactive ketones (excluding diaryl/α,β-unsaturated/α-hetero) is 1. The molecule has 0 amide bonds. The summed E-state index contributed by atoms with van der Waals surface area (Å²) < 4.78 is 1.70. The van der Waals surface area contributed by atoms with Gasteiger partial charge in [-0.15, -0.1) is 0 Å². The van der Waals surface area contributed by atoms with Crippen LogP contribution in [0.15, 0.2) is 24.9 Å². The minimum Gasteiger partial charge on any atom is -0.294 e. The number of carbonyl (C=O) groups is 1. The average Bonchev–Trinajstić information content (AvgIpc) is 2.70. The SMILES string of the molecule is C=C(C)c1cnn(-c2nc(C)ccc2C(C)=O)c1C. The van der Waals surface area contributed by atoms with Crippen molar-refractivity contribution in [1.29, 1.82) is 0 Å². The summed E-state index contributed by atoms with van der Waals surface area (Å²) in [5.41, 5.74) is 4.29. The van der Waals surface area contributed by atoms with Crippen LogP contribution in [0.25, 0.3) is 11.4 Å². The third-order valence-corrected chi connectivity index (χ3v) is 3.06. The zero-order valence-corrected chi connectivity index (χ0v) is 11.7. The monoisotopic (exact) mass is 255 g/mol. The van der Waals surface area contributed by atoms with Crippen molar-refractivity contribution in [2.45, 2.75) is 27.7 Å². The molecular formula is C15H17N3O. The zero-order valence-electron chi connectivity index (χ0n) is 11.7. The molecule has 0 saturated heterocycles. The highest BCUT2D eigenvalue weighted by Crippen LogP contribution is 2.21. The van der Waals surface area contributed by atoms with Crippen LogP contribution >= 0.6 is 0 Å². The second-order valence-electron chi connectivity index (χ2n) is 4.72. The number of aromatic nitrogens is 3. The first-order valence-corrected chi connectivity index (χ1v) is 6.11. The van der Waals surface area contributed by atoms with Crippen LogP contribution < -0.4 is 0 Å². The number of hydrogen-bond acceptors (Lipinski definition) is 3. The molecule has 4 heteroatoms. The second-order valence-corrected chi connectivity index (χ2v) is 4.72. The largest absolute Gasteiger partial charge is 0.294 e. The topological polar surface area (TPSA) is 47.8 Å². The molecule has 2 aromatic rings. The highest BCUT2D eigenvalue weighted by Gasteiger charge is 2.15. The quantitative estimate of drug-likeness (QED) is 0.792. The summed E-state index contributed by atoms with van der Waals surface area (Å²) in [6.45, 7) is 11.2. The summed E-state index contributed by atoms with van der Waals surface area (Å²) in [6, 6.07) is 3.63. The lowest BCUT2D eigenvalue weighted by Gasteiger charge is -2.09. The summed E-state index contributed by atoms with van der Waals surface area (Å²) in [6.07, 6.45) is 1.76. The van der Waals surface area contributed by atoms with Gasteiger partial charge < -0.3 is 0 Å². The molecule has 0 aliphatic carbocycles. The van der Waals surface area contributed by atoms with E-state index in [2.05, 4.69) is 16.7 Å². The van der Waals surface area contributed by atoms with Crippen LogP contribution in [0.1, 0.15) is 41.2 Å². The summed E-state index contributed by atoms with van der Waals surface area (Å²) in [7, 11) is 0. The Morgan fingerprint density at radius 3 is 2.42 bits per heavy atom. The minimum atomic E-state index is -0.0192. The van der Waals surface area contributed by atoms with Crippen molar-refractivity contribution in [3.63, 3.8) is 0 Å². The summed E-state index contributed by atoms with van der Waals surface area (Å²) in [4.78, 5) is 16.2. The van der Waals surface area contributed by atoms with Gasteiger partial charge in [-0.3, -0.25) is 4.79 Å². The molecule has 2 aromatic heterocycles. The molecule has 19 heavy (non-hydrogen) atoms. The Hall–Kier alpha value is -2.23. The molecule has 0 fully saturated rings. The Morgan fingerprint density at radius 2 is 1.89 bits per heavy atom. The highest BCUT2D eigenvalue weighted by atomic mass is 16.1. The van der Waals surface area contributed by atoms with Crippen molar-refractivity contribution in [3.8, 4) is 5.82 Å². The van der Waals surface area contributed by atoms with Gasteiger partial charge in [0.15, 0.2) is 11.6 Å². The Kier molecular flexibility index (Phi) is 3.34. The van der Waals surface area contributed by atoms with Crippen molar-refractivity contribution in [1.82, 2.24) is 14.8 Å². The van der Waals surface area contributed by atoms with E-state index in [-0.39, 0.29) is 5.78 Å². The predicted octanol–water partition coefficient (Wildman–Crippen LogP) is 3.12. The summed E-state index contributed by atoms with van der Waals surface area (Å²) in [5.74, 6) is 0.562. The number of allylic oxidation sites excluding steroid dienone is 1. The van der Waals surface area contributed by atoms with E-state index in [1.807, 2.05) is 26.8 Å². The van der Waals surface area contributed by atoms with Gasteiger partial charge in [0.25, 0.3) is 0 Å². The number of aryl methyl sites for hydroxylation is 1. The van der Waals surface area contributed by atoms with Crippen LogP contribution in [-0.2, 0) is 0 Å². The normalized spacial score (nSPS) is 10.5. The molecule has 0 saturated carbocycles. The fraction of sp³-hybridized carbons (Fsp3) is 0.267. The Labute approximate surface area is 112 Å². The van der Waals surface area contributed by atoms with E-state index in [4.69, 9.17) is 0 Å². The van der Waals surface area contributed by atoms with E-state index in [0.29, 0.717) is 11.4 Å². The first kappa shape index (κ1) is 13.2. The first-order chi connectivity index (χ1) is 8.91. The van der Waals surface area contributed by atoms with Gasteiger partial charge in [0, 0.05) is 11.3 Å². The standard InChI is InChI=1S/C15H17N3O/c1-9(2)14-8-16-18(11(14)4)15-13(12(5)19)7-6-10(3)17-15/h6-8H,1H2,2-5H3. The molecule has 4 nitrogen and oxygen atoms in total. The van der Waals surface area contributed by atoms with Crippen molar-refractivity contribution >= 4 is 11.4 Å². The van der Waals surface area contributed by atoms with E-state index >= 15 is 0 Å². The fourth-order valence-corrected chi connectivity index (χ4v) is 2.02. The van der Waals surface area contributed by atoms with E-state index in [0.717, 1.165) is 22.5 Å². The molecule has 0 aromatic carbocycles. The predicted molar refractivity (Wildman–Crippen MR) is 75.5 cm³/mol. The van der Waals surface area contributed by atoms with Crippen molar-refractivity contribution in [2.75, 3.05) is 0 Å². The van der Waals surface area contributed by atoms with Gasteiger partial charge in [-0.25, -0.2) is 9.67 Å².